The molecule has 0 aliphatic carbocycles. The monoisotopic (exact) mass is 394 g/mol. The molecule has 0 bridgehead atoms. The van der Waals surface area contributed by atoms with Crippen LogP contribution in [0.1, 0.15) is 18.1 Å². The number of carbonyl (C=O) groups excluding carboxylic acids is 2. The number of carbonyl (C=O) groups is 2. The summed E-state index contributed by atoms with van der Waals surface area (Å²) in [5.41, 5.74) is 1.40. The van der Waals surface area contributed by atoms with E-state index in [9.17, 15) is 19.5 Å². The highest BCUT2D eigenvalue weighted by atomic mass is 16.5. The lowest BCUT2D eigenvalue weighted by Gasteiger charge is -2.22. The summed E-state index contributed by atoms with van der Waals surface area (Å²) < 4.78 is 10.8. The first-order chi connectivity index (χ1) is 13.8. The fraction of sp³-hybridized carbons (Fsp3) is 0.227. The van der Waals surface area contributed by atoms with Crippen LogP contribution in [-0.2, 0) is 16.0 Å². The van der Waals surface area contributed by atoms with Crippen LogP contribution in [0.15, 0.2) is 63.8 Å². The van der Waals surface area contributed by atoms with Crippen LogP contribution in [-0.4, -0.2) is 24.0 Å². The van der Waals surface area contributed by atoms with E-state index in [1.807, 2.05) is 6.07 Å². The van der Waals surface area contributed by atoms with Gasteiger partial charge in [0.2, 0.25) is 0 Å². The van der Waals surface area contributed by atoms with Gasteiger partial charge in [0.1, 0.15) is 11.3 Å². The van der Waals surface area contributed by atoms with Crippen molar-refractivity contribution in [2.75, 3.05) is 0 Å². The number of aryl methyl sites for hydroxylation is 1. The summed E-state index contributed by atoms with van der Waals surface area (Å²) in [5.74, 6) is -1.65. The predicted molar refractivity (Wildman–Crippen MR) is 104 cm³/mol. The second-order valence-electron chi connectivity index (χ2n) is 6.74. The second kappa shape index (κ2) is 8.60. The molecular weight excluding hydrogens is 374 g/mol. The molecule has 2 atom stereocenters. The van der Waals surface area contributed by atoms with Gasteiger partial charge in [-0.25, -0.2) is 4.79 Å². The lowest BCUT2D eigenvalue weighted by atomic mass is 10.1. The first-order valence-corrected chi connectivity index (χ1v) is 9.10. The summed E-state index contributed by atoms with van der Waals surface area (Å²) in [4.78, 5) is 35.4. The van der Waals surface area contributed by atoms with Crippen molar-refractivity contribution in [1.29, 1.82) is 0 Å². The van der Waals surface area contributed by atoms with Gasteiger partial charge in [0.15, 0.2) is 6.10 Å². The van der Waals surface area contributed by atoms with Crippen LogP contribution in [0.4, 0.5) is 0 Å². The summed E-state index contributed by atoms with van der Waals surface area (Å²) >= 11 is 0. The first kappa shape index (κ1) is 20.1. The largest absolute Gasteiger partial charge is 0.548 e. The lowest BCUT2D eigenvalue weighted by molar-refractivity contribution is -0.308. The maximum atomic E-state index is 12.4. The molecule has 3 rings (SSSR count). The van der Waals surface area contributed by atoms with Crippen molar-refractivity contribution in [2.45, 2.75) is 32.4 Å². The maximum Gasteiger partial charge on any atom is 0.336 e. The van der Waals surface area contributed by atoms with Crippen LogP contribution in [0, 0.1) is 6.92 Å². The molecule has 7 heteroatoms. The summed E-state index contributed by atoms with van der Waals surface area (Å²) in [5, 5.41) is 14.6. The van der Waals surface area contributed by atoms with E-state index in [2.05, 4.69) is 5.32 Å². The second-order valence-corrected chi connectivity index (χ2v) is 6.74. The topological polar surface area (TPSA) is 109 Å². The summed E-state index contributed by atoms with van der Waals surface area (Å²) in [6.07, 6.45) is -0.871. The molecule has 7 nitrogen and oxygen atoms in total. The number of aliphatic carboxylic acids is 1. The highest BCUT2D eigenvalue weighted by molar-refractivity contribution is 5.86. The van der Waals surface area contributed by atoms with Gasteiger partial charge in [-0.05, 0) is 43.5 Å². The number of carboxylic acids is 1. The van der Waals surface area contributed by atoms with Crippen LogP contribution in [0.2, 0.25) is 0 Å². The molecule has 1 amide bonds. The van der Waals surface area contributed by atoms with Gasteiger partial charge in [0, 0.05) is 17.5 Å². The molecule has 0 saturated heterocycles. The number of hydrogen-bond donors (Lipinski definition) is 1. The molecule has 0 aliphatic heterocycles. The number of hydrogen-bond acceptors (Lipinski definition) is 6. The molecular formula is C22H20NO6-. The van der Waals surface area contributed by atoms with Gasteiger partial charge in [-0.1, -0.05) is 30.3 Å². The summed E-state index contributed by atoms with van der Waals surface area (Å²) in [6, 6.07) is 14.0. The molecule has 150 valence electrons. The Labute approximate surface area is 166 Å². The van der Waals surface area contributed by atoms with Crippen LogP contribution in [0.3, 0.4) is 0 Å². The zero-order valence-electron chi connectivity index (χ0n) is 16.0. The molecule has 1 heterocycles. The van der Waals surface area contributed by atoms with Gasteiger partial charge >= 0.3 is 5.63 Å². The molecule has 0 spiro atoms. The third-order valence-corrected chi connectivity index (χ3v) is 4.49. The molecule has 0 saturated carbocycles. The van der Waals surface area contributed by atoms with Crippen molar-refractivity contribution in [3.05, 3.63) is 76.1 Å². The SMILES string of the molecule is Cc1cc(=O)oc2cc(O[C@@H](C)C(=O)N[C@H](Cc3ccccc3)C(=O)[O-])ccc12. The molecule has 3 aromatic rings. The van der Waals surface area contributed by atoms with E-state index < -0.39 is 29.6 Å². The van der Waals surface area contributed by atoms with Crippen molar-refractivity contribution in [3.8, 4) is 5.75 Å². The minimum atomic E-state index is -1.38. The van der Waals surface area contributed by atoms with E-state index in [1.165, 1.54) is 19.1 Å². The van der Waals surface area contributed by atoms with E-state index >= 15 is 0 Å². The minimum Gasteiger partial charge on any atom is -0.548 e. The average molecular weight is 394 g/mol. The van der Waals surface area contributed by atoms with Crippen molar-refractivity contribution in [2.24, 2.45) is 0 Å². The fourth-order valence-electron chi connectivity index (χ4n) is 2.97. The normalized spacial score (nSPS) is 12.9. The molecule has 1 N–H and O–H groups in total. The van der Waals surface area contributed by atoms with Crippen LogP contribution >= 0.6 is 0 Å². The Morgan fingerprint density at radius 3 is 2.55 bits per heavy atom. The minimum absolute atomic E-state index is 0.0992. The van der Waals surface area contributed by atoms with Crippen LogP contribution in [0.5, 0.6) is 5.75 Å². The number of nitrogens with one attached hydrogen (secondary N) is 1. The summed E-state index contributed by atoms with van der Waals surface area (Å²) in [6.45, 7) is 3.30. The maximum absolute atomic E-state index is 12.4. The predicted octanol–water partition coefficient (Wildman–Crippen LogP) is 1.35. The standard InChI is InChI=1S/C22H21NO6/c1-13-10-20(24)29-19-12-16(8-9-17(13)19)28-14(2)21(25)23-18(22(26)27)11-15-6-4-3-5-7-15/h3-10,12,14,18H,11H2,1-2H3,(H,23,25)(H,26,27)/p-1/t14-,18+/m0/s1. The zero-order chi connectivity index (χ0) is 21.0. The Hall–Kier alpha value is -3.61. The zero-order valence-corrected chi connectivity index (χ0v) is 16.0. The smallest absolute Gasteiger partial charge is 0.336 e. The van der Waals surface area contributed by atoms with E-state index in [0.717, 1.165) is 16.5 Å². The Kier molecular flexibility index (Phi) is 5.97. The molecule has 0 radical (unpaired) electrons. The Bertz CT molecular complexity index is 1090. The van der Waals surface area contributed by atoms with E-state index in [4.69, 9.17) is 9.15 Å². The lowest BCUT2D eigenvalue weighted by Crippen LogP contribution is -2.52. The number of ether oxygens (including phenoxy) is 1. The number of benzene rings is 2. The van der Waals surface area contributed by atoms with Gasteiger partial charge in [-0.2, -0.15) is 0 Å². The van der Waals surface area contributed by atoms with E-state index in [0.29, 0.717) is 11.3 Å². The first-order valence-electron chi connectivity index (χ1n) is 9.10. The quantitative estimate of drug-likeness (QED) is 0.606. The molecule has 1 aromatic heterocycles. The molecule has 0 fully saturated rings. The Balaban J connectivity index is 1.70. The van der Waals surface area contributed by atoms with Gasteiger partial charge in [-0.15, -0.1) is 0 Å². The van der Waals surface area contributed by atoms with Gasteiger partial charge in [0.05, 0.1) is 12.0 Å². The van der Waals surface area contributed by atoms with Crippen molar-refractivity contribution in [3.63, 3.8) is 0 Å². The Morgan fingerprint density at radius 2 is 1.86 bits per heavy atom. The van der Waals surface area contributed by atoms with E-state index in [-0.39, 0.29) is 6.42 Å². The van der Waals surface area contributed by atoms with Crippen LogP contribution < -0.4 is 20.8 Å². The highest BCUT2D eigenvalue weighted by Crippen LogP contribution is 2.23. The average Bonchev–Trinajstić information content (AvgIpc) is 2.67. The van der Waals surface area contributed by atoms with Crippen LogP contribution in [0.25, 0.3) is 11.0 Å². The third kappa shape index (κ3) is 5.01. The molecule has 29 heavy (non-hydrogen) atoms. The number of carboxylic acid groups (broad SMARTS) is 1. The van der Waals surface area contributed by atoms with Gasteiger partial charge in [0.25, 0.3) is 5.91 Å². The Morgan fingerprint density at radius 1 is 1.14 bits per heavy atom. The number of amides is 1. The van der Waals surface area contributed by atoms with Crippen molar-refractivity contribution < 1.29 is 23.8 Å². The van der Waals surface area contributed by atoms with Crippen molar-refractivity contribution >= 4 is 22.8 Å². The number of fused-ring (bicyclic) bond motifs is 1. The third-order valence-electron chi connectivity index (χ3n) is 4.49. The highest BCUT2D eigenvalue weighted by Gasteiger charge is 2.20. The van der Waals surface area contributed by atoms with Gasteiger partial charge < -0.3 is 24.4 Å². The van der Waals surface area contributed by atoms with Gasteiger partial charge in [-0.3, -0.25) is 4.79 Å². The molecule has 2 aromatic carbocycles. The molecule has 0 aliphatic rings. The molecule has 0 unspecified atom stereocenters. The van der Waals surface area contributed by atoms with Crippen molar-refractivity contribution in [1.82, 2.24) is 5.32 Å². The van der Waals surface area contributed by atoms with E-state index in [1.54, 1.807) is 43.3 Å². The number of rotatable bonds is 7. The fourth-order valence-corrected chi connectivity index (χ4v) is 2.97. The summed E-state index contributed by atoms with van der Waals surface area (Å²) in [7, 11) is 0.